The van der Waals surface area contributed by atoms with Crippen LogP contribution in [0.15, 0.2) is 0 Å². The van der Waals surface area contributed by atoms with Crippen LogP contribution in [0.4, 0.5) is 0 Å². The number of amides is 1. The van der Waals surface area contributed by atoms with Crippen molar-refractivity contribution in [3.05, 3.63) is 0 Å². The number of primary amides is 1. The number of carbonyl (C=O) groups is 1. The Bertz CT molecular complexity index is 172. The lowest BCUT2D eigenvalue weighted by atomic mass is 9.82. The molecule has 0 aromatic carbocycles. The van der Waals surface area contributed by atoms with Gasteiger partial charge < -0.3 is 11.5 Å². The molecule has 0 radical (unpaired) electrons. The van der Waals surface area contributed by atoms with Crippen molar-refractivity contribution < 1.29 is 4.79 Å². The molecular weight excluding hydrogens is 164 g/mol. The third-order valence-electron chi connectivity index (χ3n) is 2.88. The Morgan fingerprint density at radius 2 is 1.54 bits per heavy atom. The lowest BCUT2D eigenvalue weighted by Crippen LogP contribution is -2.43. The summed E-state index contributed by atoms with van der Waals surface area (Å²) >= 11 is 0. The van der Waals surface area contributed by atoms with Crippen LogP contribution in [0.1, 0.15) is 51.4 Å². The molecule has 0 spiro atoms. The van der Waals surface area contributed by atoms with Crippen molar-refractivity contribution >= 4 is 5.91 Å². The van der Waals surface area contributed by atoms with Crippen molar-refractivity contribution in [2.75, 3.05) is 0 Å². The molecule has 0 aromatic heterocycles. The first kappa shape index (κ1) is 10.5. The molecule has 3 heteroatoms. The maximum Gasteiger partial charge on any atom is 0.219 e. The average molecular weight is 184 g/mol. The van der Waals surface area contributed by atoms with Gasteiger partial charge in [0.25, 0.3) is 0 Å². The molecule has 0 bridgehead atoms. The Labute approximate surface area is 79.9 Å². The summed E-state index contributed by atoms with van der Waals surface area (Å²) in [4.78, 5) is 10.8. The fourth-order valence-electron chi connectivity index (χ4n) is 2.13. The highest BCUT2D eigenvalue weighted by Gasteiger charge is 2.27. The highest BCUT2D eigenvalue weighted by Crippen LogP contribution is 2.26. The van der Waals surface area contributed by atoms with Gasteiger partial charge in [-0.2, -0.15) is 0 Å². The minimum Gasteiger partial charge on any atom is -0.370 e. The largest absolute Gasteiger partial charge is 0.370 e. The number of nitrogens with two attached hydrogens (primary N) is 2. The second-order valence-corrected chi connectivity index (χ2v) is 4.27. The van der Waals surface area contributed by atoms with Gasteiger partial charge in [-0.1, -0.05) is 32.1 Å². The van der Waals surface area contributed by atoms with Gasteiger partial charge in [0.1, 0.15) is 0 Å². The molecule has 76 valence electrons. The molecule has 4 N–H and O–H groups in total. The van der Waals surface area contributed by atoms with Crippen molar-refractivity contribution in [1.82, 2.24) is 0 Å². The fraction of sp³-hybridized carbons (Fsp3) is 0.900. The topological polar surface area (TPSA) is 69.1 Å². The number of rotatable bonds is 2. The molecule has 1 aliphatic carbocycles. The molecule has 0 aliphatic heterocycles. The number of hydrogen-bond acceptors (Lipinski definition) is 2. The zero-order valence-electron chi connectivity index (χ0n) is 8.22. The standard InChI is InChI=1S/C10H20N2O/c11-9(13)8-10(12)6-4-2-1-3-5-7-10/h1-8,12H2,(H2,11,13). The van der Waals surface area contributed by atoms with Crippen molar-refractivity contribution in [3.8, 4) is 0 Å². The van der Waals surface area contributed by atoms with Crippen LogP contribution < -0.4 is 11.5 Å². The van der Waals surface area contributed by atoms with Gasteiger partial charge in [0.2, 0.25) is 5.91 Å². The van der Waals surface area contributed by atoms with Crippen LogP contribution in [0.25, 0.3) is 0 Å². The summed E-state index contributed by atoms with van der Waals surface area (Å²) in [7, 11) is 0. The van der Waals surface area contributed by atoms with E-state index in [9.17, 15) is 4.79 Å². The smallest absolute Gasteiger partial charge is 0.219 e. The molecule has 1 rings (SSSR count). The minimum absolute atomic E-state index is 0.261. The zero-order chi connectivity index (χ0) is 9.73. The molecule has 13 heavy (non-hydrogen) atoms. The SMILES string of the molecule is NC(=O)CC1(N)CCCCCCC1. The molecule has 1 amide bonds. The molecule has 0 unspecified atom stereocenters. The van der Waals surface area contributed by atoms with Crippen LogP contribution in [0, 0.1) is 0 Å². The predicted molar refractivity (Wildman–Crippen MR) is 53.0 cm³/mol. The van der Waals surface area contributed by atoms with E-state index in [4.69, 9.17) is 11.5 Å². The summed E-state index contributed by atoms with van der Waals surface area (Å²) in [6.07, 6.45) is 8.36. The highest BCUT2D eigenvalue weighted by atomic mass is 16.1. The van der Waals surface area contributed by atoms with Gasteiger partial charge in [-0.25, -0.2) is 0 Å². The third-order valence-corrected chi connectivity index (χ3v) is 2.88. The van der Waals surface area contributed by atoms with E-state index in [0.29, 0.717) is 6.42 Å². The molecule has 0 atom stereocenters. The Morgan fingerprint density at radius 1 is 1.08 bits per heavy atom. The minimum atomic E-state index is -0.299. The van der Waals surface area contributed by atoms with Gasteiger partial charge in [0, 0.05) is 12.0 Å². The summed E-state index contributed by atoms with van der Waals surface area (Å²) in [5.74, 6) is -0.261. The summed E-state index contributed by atoms with van der Waals surface area (Å²) in [5.41, 5.74) is 11.0. The van der Waals surface area contributed by atoms with Crippen LogP contribution in [0.3, 0.4) is 0 Å². The fourth-order valence-corrected chi connectivity index (χ4v) is 2.13. The maximum absolute atomic E-state index is 10.8. The van der Waals surface area contributed by atoms with Crippen LogP contribution in [0.5, 0.6) is 0 Å². The van der Waals surface area contributed by atoms with Gasteiger partial charge >= 0.3 is 0 Å². The monoisotopic (exact) mass is 184 g/mol. The van der Waals surface area contributed by atoms with E-state index in [1.807, 2.05) is 0 Å². The molecule has 0 aromatic rings. The van der Waals surface area contributed by atoms with Crippen LogP contribution in [-0.2, 0) is 4.79 Å². The summed E-state index contributed by atoms with van der Waals surface area (Å²) < 4.78 is 0. The average Bonchev–Trinajstić information content (AvgIpc) is 1.97. The number of hydrogen-bond donors (Lipinski definition) is 2. The second kappa shape index (κ2) is 4.61. The zero-order valence-corrected chi connectivity index (χ0v) is 8.22. The van der Waals surface area contributed by atoms with E-state index >= 15 is 0 Å². The van der Waals surface area contributed by atoms with E-state index in [1.54, 1.807) is 0 Å². The summed E-state index contributed by atoms with van der Waals surface area (Å²) in [5, 5.41) is 0. The predicted octanol–water partition coefficient (Wildman–Crippen LogP) is 1.30. The highest BCUT2D eigenvalue weighted by molar-refractivity contribution is 5.75. The molecule has 1 saturated carbocycles. The van der Waals surface area contributed by atoms with Crippen LogP contribution >= 0.6 is 0 Å². The van der Waals surface area contributed by atoms with Crippen molar-refractivity contribution in [1.29, 1.82) is 0 Å². The lowest BCUT2D eigenvalue weighted by Gasteiger charge is -2.30. The molecule has 3 nitrogen and oxygen atoms in total. The van der Waals surface area contributed by atoms with E-state index < -0.39 is 0 Å². The van der Waals surface area contributed by atoms with Crippen molar-refractivity contribution in [2.45, 2.75) is 56.9 Å². The van der Waals surface area contributed by atoms with Gasteiger partial charge in [-0.05, 0) is 12.8 Å². The summed E-state index contributed by atoms with van der Waals surface area (Å²) in [6, 6.07) is 0. The third kappa shape index (κ3) is 3.77. The Balaban J connectivity index is 2.46. The van der Waals surface area contributed by atoms with Gasteiger partial charge in [0.05, 0.1) is 0 Å². The van der Waals surface area contributed by atoms with Gasteiger partial charge in [0.15, 0.2) is 0 Å². The lowest BCUT2D eigenvalue weighted by molar-refractivity contribution is -0.119. The van der Waals surface area contributed by atoms with Crippen LogP contribution in [-0.4, -0.2) is 11.4 Å². The Morgan fingerprint density at radius 3 is 2.00 bits per heavy atom. The van der Waals surface area contributed by atoms with Gasteiger partial charge in [-0.15, -0.1) is 0 Å². The van der Waals surface area contributed by atoms with Crippen molar-refractivity contribution in [2.24, 2.45) is 11.5 Å². The first-order valence-electron chi connectivity index (χ1n) is 5.20. The Kier molecular flexibility index (Phi) is 3.72. The van der Waals surface area contributed by atoms with Crippen LogP contribution in [0.2, 0.25) is 0 Å². The van der Waals surface area contributed by atoms with E-state index in [1.165, 1.54) is 19.3 Å². The van der Waals surface area contributed by atoms with Gasteiger partial charge in [-0.3, -0.25) is 4.79 Å². The molecule has 0 heterocycles. The van der Waals surface area contributed by atoms with E-state index in [-0.39, 0.29) is 11.4 Å². The van der Waals surface area contributed by atoms with Crippen molar-refractivity contribution in [3.63, 3.8) is 0 Å². The normalized spacial score (nSPS) is 23.2. The first-order chi connectivity index (χ1) is 6.12. The Hall–Kier alpha value is -0.570. The summed E-state index contributed by atoms with van der Waals surface area (Å²) in [6.45, 7) is 0. The van der Waals surface area contributed by atoms with E-state index in [2.05, 4.69) is 0 Å². The molecule has 1 aliphatic rings. The number of carbonyl (C=O) groups excluding carboxylic acids is 1. The van der Waals surface area contributed by atoms with E-state index in [0.717, 1.165) is 25.7 Å². The second-order valence-electron chi connectivity index (χ2n) is 4.27. The molecule has 1 fully saturated rings. The molecule has 0 saturated heterocycles. The first-order valence-corrected chi connectivity index (χ1v) is 5.20. The maximum atomic E-state index is 10.8. The molecular formula is C10H20N2O. The quantitative estimate of drug-likeness (QED) is 0.679.